The third kappa shape index (κ3) is 5.10. The lowest BCUT2D eigenvalue weighted by atomic mass is 10.2. The standard InChI is InChI=1S/C25H27FN4O3S/c1-19(2)27-24-8-3-4-13-30(24)25(31)20-6-5-7-23(18-20)34(32,33)29-16-14-28(15-17-29)22-11-9-21(26)10-12-22/h3-13,18-19H,14-17H2,1-2H3. The predicted molar refractivity (Wildman–Crippen MR) is 129 cm³/mol. The lowest BCUT2D eigenvalue weighted by Gasteiger charge is -2.35. The summed E-state index contributed by atoms with van der Waals surface area (Å²) in [5.74, 6) is -0.656. The zero-order chi connectivity index (χ0) is 24.3. The maximum Gasteiger partial charge on any atom is 0.263 e. The molecule has 1 fully saturated rings. The van der Waals surface area contributed by atoms with Gasteiger partial charge in [-0.1, -0.05) is 12.1 Å². The van der Waals surface area contributed by atoms with Crippen LogP contribution in [0, 0.1) is 5.82 Å². The summed E-state index contributed by atoms with van der Waals surface area (Å²) in [6.45, 7) is 5.41. The molecule has 0 aliphatic carbocycles. The second-order valence-electron chi connectivity index (χ2n) is 8.35. The Hall–Kier alpha value is -3.30. The van der Waals surface area contributed by atoms with Crippen molar-refractivity contribution in [1.82, 2.24) is 8.87 Å². The van der Waals surface area contributed by atoms with Gasteiger partial charge >= 0.3 is 0 Å². The number of piperazine rings is 1. The van der Waals surface area contributed by atoms with Gasteiger partial charge in [0.1, 0.15) is 11.3 Å². The smallest absolute Gasteiger partial charge is 0.263 e. The van der Waals surface area contributed by atoms with Gasteiger partial charge in [0.25, 0.3) is 5.91 Å². The first-order valence-corrected chi connectivity index (χ1v) is 12.6. The van der Waals surface area contributed by atoms with Crippen LogP contribution in [-0.2, 0) is 10.0 Å². The third-order valence-electron chi connectivity index (χ3n) is 5.60. The minimum atomic E-state index is -3.78. The molecule has 0 bridgehead atoms. The van der Waals surface area contributed by atoms with Crippen LogP contribution in [0.15, 0.2) is 82.8 Å². The van der Waals surface area contributed by atoms with E-state index in [1.807, 2.05) is 18.7 Å². The highest BCUT2D eigenvalue weighted by Gasteiger charge is 2.29. The Labute approximate surface area is 198 Å². The highest BCUT2D eigenvalue weighted by atomic mass is 32.2. The van der Waals surface area contributed by atoms with E-state index in [2.05, 4.69) is 4.99 Å². The molecule has 9 heteroatoms. The van der Waals surface area contributed by atoms with E-state index < -0.39 is 10.0 Å². The summed E-state index contributed by atoms with van der Waals surface area (Å²) < 4.78 is 42.7. The molecule has 2 heterocycles. The number of benzene rings is 2. The Morgan fingerprint density at radius 1 is 0.941 bits per heavy atom. The first-order valence-electron chi connectivity index (χ1n) is 11.1. The first kappa shape index (κ1) is 23.8. The lowest BCUT2D eigenvalue weighted by molar-refractivity contribution is 0.0954. The summed E-state index contributed by atoms with van der Waals surface area (Å²) in [4.78, 5) is 19.8. The minimum absolute atomic E-state index is 0.00161. The Kier molecular flexibility index (Phi) is 6.95. The van der Waals surface area contributed by atoms with Gasteiger partial charge in [-0.15, -0.1) is 0 Å². The molecule has 0 amide bonds. The van der Waals surface area contributed by atoms with Gasteiger partial charge in [-0.05, 0) is 68.4 Å². The van der Waals surface area contributed by atoms with Crippen molar-refractivity contribution in [2.24, 2.45) is 4.99 Å². The fraction of sp³-hybridized carbons (Fsp3) is 0.280. The van der Waals surface area contributed by atoms with Crippen LogP contribution >= 0.6 is 0 Å². The number of aromatic nitrogens is 1. The number of hydrogen-bond acceptors (Lipinski definition) is 5. The van der Waals surface area contributed by atoms with E-state index in [1.54, 1.807) is 48.7 Å². The van der Waals surface area contributed by atoms with Gasteiger partial charge in [0, 0.05) is 49.7 Å². The molecule has 1 saturated heterocycles. The van der Waals surface area contributed by atoms with Gasteiger partial charge in [0.15, 0.2) is 0 Å². The molecule has 0 saturated carbocycles. The SMILES string of the molecule is CC(C)N=c1ccccn1C(=O)c1cccc(S(=O)(=O)N2CCN(c3ccc(F)cc3)CC2)c1. The average Bonchev–Trinajstić information content (AvgIpc) is 2.84. The maximum absolute atomic E-state index is 13.3. The van der Waals surface area contributed by atoms with Crippen LogP contribution in [0.3, 0.4) is 0 Å². The summed E-state index contributed by atoms with van der Waals surface area (Å²) in [7, 11) is -3.78. The molecule has 1 aliphatic rings. The molecule has 0 N–H and O–H groups in total. The molecule has 2 aromatic carbocycles. The van der Waals surface area contributed by atoms with E-state index in [0.717, 1.165) is 5.69 Å². The Balaban J connectivity index is 1.55. The highest BCUT2D eigenvalue weighted by molar-refractivity contribution is 7.89. The monoisotopic (exact) mass is 482 g/mol. The van der Waals surface area contributed by atoms with Crippen LogP contribution in [-0.4, -0.2) is 55.4 Å². The van der Waals surface area contributed by atoms with Gasteiger partial charge in [-0.3, -0.25) is 14.4 Å². The van der Waals surface area contributed by atoms with Crippen LogP contribution < -0.4 is 10.4 Å². The minimum Gasteiger partial charge on any atom is -0.369 e. The number of rotatable bonds is 5. The number of carbonyl (C=O) groups is 1. The highest BCUT2D eigenvalue weighted by Crippen LogP contribution is 2.22. The van der Waals surface area contributed by atoms with Crippen LogP contribution in [0.4, 0.5) is 10.1 Å². The number of carbonyl (C=O) groups excluding carboxylic acids is 1. The zero-order valence-electron chi connectivity index (χ0n) is 19.1. The quantitative estimate of drug-likeness (QED) is 0.560. The van der Waals surface area contributed by atoms with E-state index in [9.17, 15) is 17.6 Å². The Morgan fingerprint density at radius 2 is 1.65 bits per heavy atom. The zero-order valence-corrected chi connectivity index (χ0v) is 20.0. The van der Waals surface area contributed by atoms with E-state index in [0.29, 0.717) is 31.7 Å². The molecule has 1 aromatic heterocycles. The van der Waals surface area contributed by atoms with E-state index in [-0.39, 0.29) is 28.2 Å². The molecule has 0 spiro atoms. The van der Waals surface area contributed by atoms with Crippen molar-refractivity contribution in [1.29, 1.82) is 0 Å². The first-order chi connectivity index (χ1) is 16.3. The van der Waals surface area contributed by atoms with E-state index in [4.69, 9.17) is 0 Å². The third-order valence-corrected chi connectivity index (χ3v) is 7.49. The molecule has 0 atom stereocenters. The molecule has 3 aromatic rings. The van der Waals surface area contributed by atoms with Crippen molar-refractivity contribution in [2.75, 3.05) is 31.1 Å². The van der Waals surface area contributed by atoms with Crippen molar-refractivity contribution in [3.8, 4) is 0 Å². The van der Waals surface area contributed by atoms with Gasteiger partial charge in [-0.2, -0.15) is 4.31 Å². The molecule has 1 aliphatic heterocycles. The number of pyridine rings is 1. The van der Waals surface area contributed by atoms with Crippen molar-refractivity contribution < 1.29 is 17.6 Å². The van der Waals surface area contributed by atoms with Crippen molar-refractivity contribution in [3.05, 3.63) is 89.8 Å². The van der Waals surface area contributed by atoms with Gasteiger partial charge < -0.3 is 4.90 Å². The second kappa shape index (κ2) is 9.90. The number of hydrogen-bond donors (Lipinski definition) is 0. The van der Waals surface area contributed by atoms with Crippen LogP contribution in [0.25, 0.3) is 0 Å². The summed E-state index contributed by atoms with van der Waals surface area (Å²) in [6.07, 6.45) is 1.62. The molecule has 0 unspecified atom stereocenters. The Bertz CT molecular complexity index is 1340. The molecular formula is C25H27FN4O3S. The van der Waals surface area contributed by atoms with Crippen LogP contribution in [0.1, 0.15) is 24.2 Å². The molecule has 34 heavy (non-hydrogen) atoms. The van der Waals surface area contributed by atoms with Gasteiger partial charge in [0.05, 0.1) is 4.90 Å². The fourth-order valence-electron chi connectivity index (χ4n) is 3.89. The van der Waals surface area contributed by atoms with Crippen LogP contribution in [0.5, 0.6) is 0 Å². The average molecular weight is 483 g/mol. The summed E-state index contributed by atoms with van der Waals surface area (Å²) in [5.41, 5.74) is 1.63. The normalized spacial score (nSPS) is 15.6. The molecule has 0 radical (unpaired) electrons. The topological polar surface area (TPSA) is 75.0 Å². The Morgan fingerprint density at radius 3 is 2.32 bits per heavy atom. The van der Waals surface area contributed by atoms with E-state index in [1.165, 1.54) is 33.1 Å². The van der Waals surface area contributed by atoms with Crippen molar-refractivity contribution in [3.63, 3.8) is 0 Å². The second-order valence-corrected chi connectivity index (χ2v) is 10.3. The molecule has 4 rings (SSSR count). The van der Waals surface area contributed by atoms with Crippen LogP contribution in [0.2, 0.25) is 0 Å². The lowest BCUT2D eigenvalue weighted by Crippen LogP contribution is -2.48. The summed E-state index contributed by atoms with van der Waals surface area (Å²) >= 11 is 0. The van der Waals surface area contributed by atoms with Gasteiger partial charge in [0.2, 0.25) is 10.0 Å². The fourth-order valence-corrected chi connectivity index (χ4v) is 5.36. The van der Waals surface area contributed by atoms with E-state index >= 15 is 0 Å². The number of sulfonamides is 1. The summed E-state index contributed by atoms with van der Waals surface area (Å²) in [5, 5.41) is 0. The number of anilines is 1. The molecule has 178 valence electrons. The predicted octanol–water partition coefficient (Wildman–Crippen LogP) is 3.14. The number of nitrogens with zero attached hydrogens (tertiary/aromatic N) is 4. The summed E-state index contributed by atoms with van der Waals surface area (Å²) in [6, 6.07) is 17.6. The van der Waals surface area contributed by atoms with Gasteiger partial charge in [-0.25, -0.2) is 12.8 Å². The largest absolute Gasteiger partial charge is 0.369 e. The maximum atomic E-state index is 13.3. The molecule has 7 nitrogen and oxygen atoms in total. The molecular weight excluding hydrogens is 455 g/mol. The number of halogens is 1. The van der Waals surface area contributed by atoms with Crippen molar-refractivity contribution in [2.45, 2.75) is 24.8 Å². The van der Waals surface area contributed by atoms with Crippen molar-refractivity contribution >= 4 is 21.6 Å².